The van der Waals surface area contributed by atoms with E-state index >= 15 is 0 Å². The quantitative estimate of drug-likeness (QED) is 0.312. The summed E-state index contributed by atoms with van der Waals surface area (Å²) in [5.41, 5.74) is 0.103. The molecule has 0 aliphatic carbocycles. The summed E-state index contributed by atoms with van der Waals surface area (Å²) in [6.07, 6.45) is -10.7. The van der Waals surface area contributed by atoms with Crippen molar-refractivity contribution in [3.05, 3.63) is 47.5 Å². The highest BCUT2D eigenvalue weighted by atomic mass is 16.7. The third kappa shape index (κ3) is 3.86. The fourth-order valence-corrected chi connectivity index (χ4v) is 3.77. The standard InChI is InChI=1S/C21H22O11/c22-7-13-15(26)17(28)18(29)21(31-13)32-20-16(27)14-11(25)5-10(24)6-12(14)30-19(20)8-1-3-9(23)4-2-8/h1-6,13,15,17-26,28-29H,7H2/t13-,15-,17-,18-,19+,20-,21-/m0/s1. The molecule has 0 amide bonds. The molecule has 2 aromatic rings. The van der Waals surface area contributed by atoms with Gasteiger partial charge in [0.2, 0.25) is 5.78 Å². The maximum atomic E-state index is 13.3. The molecule has 11 heteroatoms. The molecular formula is C21H22O11. The summed E-state index contributed by atoms with van der Waals surface area (Å²) >= 11 is 0. The number of phenols is 3. The Morgan fingerprint density at radius 2 is 1.59 bits per heavy atom. The van der Waals surface area contributed by atoms with E-state index < -0.39 is 61.1 Å². The predicted octanol–water partition coefficient (Wildman–Crippen LogP) is -0.695. The zero-order valence-electron chi connectivity index (χ0n) is 16.5. The summed E-state index contributed by atoms with van der Waals surface area (Å²) in [4.78, 5) is 13.3. The summed E-state index contributed by atoms with van der Waals surface area (Å²) in [5.74, 6) is -1.82. The van der Waals surface area contributed by atoms with Crippen LogP contribution in [0.4, 0.5) is 0 Å². The molecule has 32 heavy (non-hydrogen) atoms. The lowest BCUT2D eigenvalue weighted by Crippen LogP contribution is -2.60. The van der Waals surface area contributed by atoms with Crippen molar-refractivity contribution >= 4 is 5.78 Å². The van der Waals surface area contributed by atoms with E-state index in [0.717, 1.165) is 12.1 Å². The molecule has 0 radical (unpaired) electrons. The number of carbonyl (C=O) groups is 1. The Labute approximate surface area is 181 Å². The minimum atomic E-state index is -1.77. The number of aliphatic hydroxyl groups excluding tert-OH is 4. The average molecular weight is 450 g/mol. The highest BCUT2D eigenvalue weighted by molar-refractivity contribution is 6.05. The Kier molecular flexibility index (Phi) is 5.95. The summed E-state index contributed by atoms with van der Waals surface area (Å²) in [7, 11) is 0. The van der Waals surface area contributed by atoms with Gasteiger partial charge in [0.1, 0.15) is 53.0 Å². The molecule has 1 fully saturated rings. The highest BCUT2D eigenvalue weighted by Crippen LogP contribution is 2.43. The topological polar surface area (TPSA) is 186 Å². The number of rotatable bonds is 4. The van der Waals surface area contributed by atoms with E-state index in [1.807, 2.05) is 0 Å². The van der Waals surface area contributed by atoms with Crippen molar-refractivity contribution in [2.75, 3.05) is 6.61 Å². The zero-order valence-corrected chi connectivity index (χ0v) is 16.5. The number of carbonyl (C=O) groups excluding carboxylic acids is 1. The molecule has 7 N–H and O–H groups in total. The first-order valence-corrected chi connectivity index (χ1v) is 9.73. The second kappa shape index (κ2) is 8.54. The van der Waals surface area contributed by atoms with Crippen molar-refractivity contribution in [1.29, 1.82) is 0 Å². The molecule has 172 valence electrons. The summed E-state index contributed by atoms with van der Waals surface area (Å²) in [6.45, 7) is -0.690. The van der Waals surface area contributed by atoms with Gasteiger partial charge in [-0.25, -0.2) is 0 Å². The molecule has 0 unspecified atom stereocenters. The monoisotopic (exact) mass is 450 g/mol. The van der Waals surface area contributed by atoms with Gasteiger partial charge in [-0.2, -0.15) is 0 Å². The molecule has 2 heterocycles. The summed E-state index contributed by atoms with van der Waals surface area (Å²) in [5, 5.41) is 69.2. The first kappa shape index (κ1) is 22.3. The van der Waals surface area contributed by atoms with Gasteiger partial charge in [0.05, 0.1) is 6.61 Å². The molecule has 2 aliphatic rings. The van der Waals surface area contributed by atoms with Gasteiger partial charge in [0, 0.05) is 12.1 Å². The van der Waals surface area contributed by atoms with Crippen LogP contribution >= 0.6 is 0 Å². The Bertz CT molecular complexity index is 990. The molecule has 2 aliphatic heterocycles. The number of aromatic hydroxyl groups is 3. The molecular weight excluding hydrogens is 428 g/mol. The van der Waals surface area contributed by atoms with E-state index in [0.29, 0.717) is 5.56 Å². The molecule has 4 rings (SSSR count). The third-order valence-corrected chi connectivity index (χ3v) is 5.45. The van der Waals surface area contributed by atoms with Crippen LogP contribution in [0.2, 0.25) is 0 Å². The van der Waals surface area contributed by atoms with E-state index in [9.17, 15) is 40.5 Å². The number of phenolic OH excluding ortho intramolecular Hbond substituents is 3. The van der Waals surface area contributed by atoms with Gasteiger partial charge in [0.25, 0.3) is 0 Å². The molecule has 1 saturated heterocycles. The van der Waals surface area contributed by atoms with Gasteiger partial charge in [-0.3, -0.25) is 4.79 Å². The minimum absolute atomic E-state index is 0.0435. The van der Waals surface area contributed by atoms with E-state index in [2.05, 4.69) is 0 Å². The molecule has 0 spiro atoms. The lowest BCUT2D eigenvalue weighted by molar-refractivity contribution is -0.311. The van der Waals surface area contributed by atoms with Gasteiger partial charge in [-0.1, -0.05) is 12.1 Å². The number of hydrogen-bond donors (Lipinski definition) is 7. The van der Waals surface area contributed by atoms with Gasteiger partial charge < -0.3 is 50.0 Å². The van der Waals surface area contributed by atoms with Gasteiger partial charge in [-0.15, -0.1) is 0 Å². The van der Waals surface area contributed by atoms with Crippen molar-refractivity contribution in [3.63, 3.8) is 0 Å². The van der Waals surface area contributed by atoms with Crippen LogP contribution in [0.25, 0.3) is 0 Å². The Morgan fingerprint density at radius 1 is 0.906 bits per heavy atom. The maximum absolute atomic E-state index is 13.3. The number of benzene rings is 2. The smallest absolute Gasteiger partial charge is 0.203 e. The lowest BCUT2D eigenvalue weighted by atomic mass is 9.92. The van der Waals surface area contributed by atoms with Crippen molar-refractivity contribution in [1.82, 2.24) is 0 Å². The van der Waals surface area contributed by atoms with Crippen LogP contribution in [-0.4, -0.2) is 84.9 Å². The average Bonchev–Trinajstić information content (AvgIpc) is 2.75. The number of fused-ring (bicyclic) bond motifs is 1. The van der Waals surface area contributed by atoms with Crippen molar-refractivity contribution in [3.8, 4) is 23.0 Å². The van der Waals surface area contributed by atoms with E-state index in [4.69, 9.17) is 14.2 Å². The second-order valence-electron chi connectivity index (χ2n) is 7.59. The zero-order chi connectivity index (χ0) is 23.2. The number of ether oxygens (including phenoxy) is 3. The van der Waals surface area contributed by atoms with Crippen LogP contribution in [0.1, 0.15) is 22.0 Å². The van der Waals surface area contributed by atoms with Gasteiger partial charge in [-0.05, 0) is 17.7 Å². The normalized spacial score (nSPS) is 32.2. The Hall–Kier alpha value is -2.93. The SMILES string of the molecule is O=C1c2c(O)cc(O)cc2O[C@H](c2ccc(O)cc2)[C@H]1O[C@@H]1O[C@@H](CO)[C@H](O)[C@H](O)[C@@H]1O. The number of aliphatic hydroxyl groups is 4. The van der Waals surface area contributed by atoms with E-state index in [1.54, 1.807) is 0 Å². The number of hydrogen-bond acceptors (Lipinski definition) is 11. The molecule has 2 aromatic carbocycles. The van der Waals surface area contributed by atoms with Crippen LogP contribution in [0.15, 0.2) is 36.4 Å². The summed E-state index contributed by atoms with van der Waals surface area (Å²) < 4.78 is 16.9. The Balaban J connectivity index is 1.72. The fourth-order valence-electron chi connectivity index (χ4n) is 3.77. The van der Waals surface area contributed by atoms with Crippen molar-refractivity contribution in [2.24, 2.45) is 0 Å². The molecule has 7 atom stereocenters. The van der Waals surface area contributed by atoms with Crippen LogP contribution in [0.3, 0.4) is 0 Å². The molecule has 0 bridgehead atoms. The largest absolute Gasteiger partial charge is 0.508 e. The minimum Gasteiger partial charge on any atom is -0.508 e. The molecule has 0 aromatic heterocycles. The van der Waals surface area contributed by atoms with Crippen molar-refractivity contribution in [2.45, 2.75) is 42.9 Å². The van der Waals surface area contributed by atoms with Gasteiger partial charge >= 0.3 is 0 Å². The van der Waals surface area contributed by atoms with E-state index in [1.165, 1.54) is 24.3 Å². The number of Topliss-reactive ketones (excluding diaryl/α,β-unsaturated/α-hetero) is 1. The first-order chi connectivity index (χ1) is 15.2. The molecule has 11 nitrogen and oxygen atoms in total. The first-order valence-electron chi connectivity index (χ1n) is 9.73. The van der Waals surface area contributed by atoms with Crippen LogP contribution in [-0.2, 0) is 9.47 Å². The van der Waals surface area contributed by atoms with Crippen LogP contribution in [0.5, 0.6) is 23.0 Å². The highest BCUT2D eigenvalue weighted by Gasteiger charge is 2.49. The van der Waals surface area contributed by atoms with Crippen LogP contribution in [0, 0.1) is 0 Å². The van der Waals surface area contributed by atoms with E-state index in [-0.39, 0.29) is 22.8 Å². The third-order valence-electron chi connectivity index (χ3n) is 5.45. The maximum Gasteiger partial charge on any atom is 0.203 e. The number of ketones is 1. The van der Waals surface area contributed by atoms with Crippen LogP contribution < -0.4 is 4.74 Å². The summed E-state index contributed by atoms with van der Waals surface area (Å²) in [6, 6.07) is 7.72. The molecule has 0 saturated carbocycles. The Morgan fingerprint density at radius 3 is 2.25 bits per heavy atom. The van der Waals surface area contributed by atoms with Crippen molar-refractivity contribution < 1.29 is 54.8 Å². The fraction of sp³-hybridized carbons (Fsp3) is 0.381. The second-order valence-corrected chi connectivity index (χ2v) is 7.59. The van der Waals surface area contributed by atoms with Gasteiger partial charge in [0.15, 0.2) is 18.5 Å². The lowest BCUT2D eigenvalue weighted by Gasteiger charge is -2.42. The predicted molar refractivity (Wildman–Crippen MR) is 104 cm³/mol.